The highest BCUT2D eigenvalue weighted by Gasteiger charge is 2.27. The highest BCUT2D eigenvalue weighted by atomic mass is 32.1. The number of amides is 3. The SMILES string of the molecule is COC(=O)N[C@@H](Cc1ccccc1)C(=O)N[C@@H](Cc1ccc(C(N)=O)cc1)c1nc(C2CCCCC2)cs1. The molecule has 4 N–H and O–H groups in total. The third-order valence-corrected chi connectivity index (χ3v) is 7.91. The Balaban J connectivity index is 1.57. The van der Waals surface area contributed by atoms with Crippen molar-refractivity contribution in [3.8, 4) is 0 Å². The first-order valence-electron chi connectivity index (χ1n) is 13.0. The Morgan fingerprint density at radius 1 is 0.974 bits per heavy atom. The van der Waals surface area contributed by atoms with Crippen LogP contribution in [0.15, 0.2) is 60.0 Å². The number of nitrogens with one attached hydrogen (secondary N) is 2. The highest BCUT2D eigenvalue weighted by Crippen LogP contribution is 2.34. The van der Waals surface area contributed by atoms with Gasteiger partial charge in [-0.3, -0.25) is 9.59 Å². The van der Waals surface area contributed by atoms with Crippen molar-refractivity contribution in [2.75, 3.05) is 7.11 Å². The fourth-order valence-corrected chi connectivity index (χ4v) is 5.77. The van der Waals surface area contributed by atoms with Crippen LogP contribution in [0.5, 0.6) is 0 Å². The number of carbonyl (C=O) groups excluding carboxylic acids is 3. The number of aromatic nitrogens is 1. The molecule has 0 aliphatic heterocycles. The van der Waals surface area contributed by atoms with E-state index in [1.165, 1.54) is 26.4 Å². The van der Waals surface area contributed by atoms with Crippen LogP contribution < -0.4 is 16.4 Å². The van der Waals surface area contributed by atoms with Crippen LogP contribution in [0.25, 0.3) is 0 Å². The van der Waals surface area contributed by atoms with Crippen LogP contribution in [0, 0.1) is 0 Å². The average molecular weight is 535 g/mol. The van der Waals surface area contributed by atoms with E-state index in [0.717, 1.165) is 34.7 Å². The van der Waals surface area contributed by atoms with Crippen molar-refractivity contribution < 1.29 is 19.1 Å². The van der Waals surface area contributed by atoms with Gasteiger partial charge in [-0.15, -0.1) is 11.3 Å². The van der Waals surface area contributed by atoms with E-state index in [9.17, 15) is 14.4 Å². The Bertz CT molecular complexity index is 1220. The van der Waals surface area contributed by atoms with E-state index < -0.39 is 24.1 Å². The smallest absolute Gasteiger partial charge is 0.407 e. The van der Waals surface area contributed by atoms with Gasteiger partial charge in [0.2, 0.25) is 11.8 Å². The van der Waals surface area contributed by atoms with Gasteiger partial charge >= 0.3 is 6.09 Å². The molecule has 0 spiro atoms. The number of benzene rings is 2. The second-order valence-corrected chi connectivity index (χ2v) is 10.5. The van der Waals surface area contributed by atoms with Gasteiger partial charge in [-0.05, 0) is 42.5 Å². The molecule has 1 fully saturated rings. The molecule has 9 heteroatoms. The minimum Gasteiger partial charge on any atom is -0.453 e. The molecule has 2 atom stereocenters. The zero-order valence-electron chi connectivity index (χ0n) is 21.5. The van der Waals surface area contributed by atoms with Crippen LogP contribution in [0.3, 0.4) is 0 Å². The van der Waals surface area contributed by atoms with Gasteiger partial charge in [-0.2, -0.15) is 0 Å². The number of methoxy groups -OCH3 is 1. The van der Waals surface area contributed by atoms with E-state index in [0.29, 0.717) is 24.3 Å². The van der Waals surface area contributed by atoms with Crippen molar-refractivity contribution in [1.29, 1.82) is 0 Å². The summed E-state index contributed by atoms with van der Waals surface area (Å²) >= 11 is 1.54. The van der Waals surface area contributed by atoms with Crippen LogP contribution in [0.1, 0.15) is 76.3 Å². The van der Waals surface area contributed by atoms with Crippen LogP contribution in [-0.2, 0) is 22.4 Å². The van der Waals surface area contributed by atoms with Crippen LogP contribution in [0.4, 0.5) is 4.79 Å². The molecule has 0 bridgehead atoms. The Kier molecular flexibility index (Phi) is 9.48. The summed E-state index contributed by atoms with van der Waals surface area (Å²) in [6.45, 7) is 0. The maximum absolute atomic E-state index is 13.6. The maximum atomic E-state index is 13.6. The molecule has 0 saturated heterocycles. The molecule has 4 rings (SSSR count). The lowest BCUT2D eigenvalue weighted by Crippen LogP contribution is -2.49. The summed E-state index contributed by atoms with van der Waals surface area (Å²) in [5, 5.41) is 8.72. The Morgan fingerprint density at radius 3 is 2.32 bits per heavy atom. The summed E-state index contributed by atoms with van der Waals surface area (Å²) in [7, 11) is 1.27. The van der Waals surface area contributed by atoms with E-state index >= 15 is 0 Å². The molecule has 1 aliphatic rings. The standard InChI is InChI=1S/C29H34N4O4S/c1-37-29(36)33-23(16-19-8-4-2-5-9-19)27(35)31-24(17-20-12-14-22(15-13-20)26(30)34)28-32-25(18-38-28)21-10-6-3-7-11-21/h2,4-5,8-9,12-15,18,21,23-24H,3,6-7,10-11,16-17H2,1H3,(H2,30,34)(H,31,35)(H,33,36)/t23-,24-/m0/s1. The molecular weight excluding hydrogens is 500 g/mol. The van der Waals surface area contributed by atoms with Crippen molar-refractivity contribution >= 4 is 29.2 Å². The molecule has 3 amide bonds. The lowest BCUT2D eigenvalue weighted by molar-refractivity contribution is -0.123. The Labute approximate surface area is 227 Å². The molecule has 8 nitrogen and oxygen atoms in total. The molecule has 200 valence electrons. The second kappa shape index (κ2) is 13.2. The fourth-order valence-electron chi connectivity index (χ4n) is 4.82. The summed E-state index contributed by atoms with van der Waals surface area (Å²) in [5.41, 5.74) is 8.74. The second-order valence-electron chi connectivity index (χ2n) is 9.65. The Hall–Kier alpha value is -3.72. The maximum Gasteiger partial charge on any atom is 0.407 e. The molecular formula is C29H34N4O4S. The average Bonchev–Trinajstić information content (AvgIpc) is 3.44. The number of rotatable bonds is 10. The van der Waals surface area contributed by atoms with E-state index in [1.54, 1.807) is 23.5 Å². The molecule has 2 aromatic carbocycles. The molecule has 1 heterocycles. The van der Waals surface area contributed by atoms with Gasteiger partial charge in [0.1, 0.15) is 11.0 Å². The van der Waals surface area contributed by atoms with E-state index in [1.807, 2.05) is 42.5 Å². The van der Waals surface area contributed by atoms with Crippen LogP contribution in [-0.4, -0.2) is 36.0 Å². The number of hydrogen-bond acceptors (Lipinski definition) is 6. The van der Waals surface area contributed by atoms with E-state index in [4.69, 9.17) is 15.5 Å². The summed E-state index contributed by atoms with van der Waals surface area (Å²) in [6.07, 6.45) is 6.07. The van der Waals surface area contributed by atoms with Crippen molar-refractivity contribution in [1.82, 2.24) is 15.6 Å². The van der Waals surface area contributed by atoms with Crippen molar-refractivity contribution in [3.63, 3.8) is 0 Å². The van der Waals surface area contributed by atoms with E-state index in [-0.39, 0.29) is 5.91 Å². The van der Waals surface area contributed by atoms with Gasteiger partial charge in [0.15, 0.2) is 0 Å². The third-order valence-electron chi connectivity index (χ3n) is 6.93. The zero-order chi connectivity index (χ0) is 26.9. The molecule has 3 aromatic rings. The van der Waals surface area contributed by atoms with Gasteiger partial charge in [0.05, 0.1) is 18.8 Å². The summed E-state index contributed by atoms with van der Waals surface area (Å²) in [6, 6.07) is 15.3. The van der Waals surface area contributed by atoms with Gasteiger partial charge in [0, 0.05) is 23.3 Å². The molecule has 1 saturated carbocycles. The fraction of sp³-hybridized carbons (Fsp3) is 0.379. The van der Waals surface area contributed by atoms with Crippen LogP contribution >= 0.6 is 11.3 Å². The molecule has 1 aromatic heterocycles. The number of carbonyl (C=O) groups is 3. The van der Waals surface area contributed by atoms with Crippen molar-refractivity contribution in [2.24, 2.45) is 5.73 Å². The zero-order valence-corrected chi connectivity index (χ0v) is 22.3. The first-order chi connectivity index (χ1) is 18.4. The molecule has 1 aliphatic carbocycles. The topological polar surface area (TPSA) is 123 Å². The third kappa shape index (κ3) is 7.41. The van der Waals surface area contributed by atoms with Gasteiger partial charge < -0.3 is 21.1 Å². The number of alkyl carbamates (subject to hydrolysis) is 1. The van der Waals surface area contributed by atoms with Crippen molar-refractivity contribution in [2.45, 2.75) is 62.9 Å². The molecule has 0 radical (unpaired) electrons. The number of ether oxygens (including phenoxy) is 1. The number of nitrogens with zero attached hydrogens (tertiary/aromatic N) is 1. The number of thiazole rings is 1. The summed E-state index contributed by atoms with van der Waals surface area (Å²) < 4.78 is 4.78. The lowest BCUT2D eigenvalue weighted by atomic mass is 9.87. The summed E-state index contributed by atoms with van der Waals surface area (Å²) in [5.74, 6) is -0.365. The Morgan fingerprint density at radius 2 is 1.66 bits per heavy atom. The highest BCUT2D eigenvalue weighted by molar-refractivity contribution is 7.09. The minimum atomic E-state index is -0.831. The minimum absolute atomic E-state index is 0.312. The number of primary amides is 1. The predicted octanol–water partition coefficient (Wildman–Crippen LogP) is 4.66. The summed E-state index contributed by atoms with van der Waals surface area (Å²) in [4.78, 5) is 42.1. The number of hydrogen-bond donors (Lipinski definition) is 3. The number of nitrogens with two attached hydrogens (primary N) is 1. The monoisotopic (exact) mass is 534 g/mol. The van der Waals surface area contributed by atoms with Crippen molar-refractivity contribution in [3.05, 3.63) is 87.4 Å². The van der Waals surface area contributed by atoms with Gasteiger partial charge in [-0.25, -0.2) is 9.78 Å². The van der Waals surface area contributed by atoms with Gasteiger partial charge in [0.25, 0.3) is 0 Å². The first kappa shape index (κ1) is 27.3. The largest absolute Gasteiger partial charge is 0.453 e. The first-order valence-corrected chi connectivity index (χ1v) is 13.8. The lowest BCUT2D eigenvalue weighted by Gasteiger charge is -2.23. The predicted molar refractivity (Wildman–Crippen MR) is 147 cm³/mol. The van der Waals surface area contributed by atoms with Gasteiger partial charge in [-0.1, -0.05) is 61.7 Å². The van der Waals surface area contributed by atoms with E-state index in [2.05, 4.69) is 16.0 Å². The van der Waals surface area contributed by atoms with Crippen LogP contribution in [0.2, 0.25) is 0 Å². The molecule has 0 unspecified atom stereocenters. The quantitative estimate of drug-likeness (QED) is 0.349. The normalized spacial score (nSPS) is 15.3. The molecule has 38 heavy (non-hydrogen) atoms.